The SMILES string of the molecule is Nc1ccn2ncc(C(=O)N3CCOC(CC(F)(F)F)C3)c2c1. The van der Waals surface area contributed by atoms with Crippen LogP contribution in [0.1, 0.15) is 16.8 Å². The van der Waals surface area contributed by atoms with Crippen LogP contribution in [-0.4, -0.2) is 52.4 Å². The maximum absolute atomic E-state index is 12.6. The number of rotatable bonds is 2. The maximum atomic E-state index is 12.6. The molecule has 1 saturated heterocycles. The summed E-state index contributed by atoms with van der Waals surface area (Å²) in [5.41, 5.74) is 7.02. The molecule has 3 rings (SSSR count). The minimum absolute atomic E-state index is 0.0772. The number of fused-ring (bicyclic) bond motifs is 1. The number of morpholine rings is 1. The Morgan fingerprint density at radius 3 is 3.00 bits per heavy atom. The average molecular weight is 328 g/mol. The lowest BCUT2D eigenvalue weighted by Crippen LogP contribution is -2.46. The van der Waals surface area contributed by atoms with Crippen LogP contribution in [0, 0.1) is 0 Å². The molecule has 1 atom stereocenters. The summed E-state index contributed by atoms with van der Waals surface area (Å²) in [7, 11) is 0. The first-order valence-corrected chi connectivity index (χ1v) is 7.04. The summed E-state index contributed by atoms with van der Waals surface area (Å²) in [4.78, 5) is 14.0. The molecular formula is C14H15F3N4O2. The lowest BCUT2D eigenvalue weighted by molar-refractivity contribution is -0.168. The molecule has 1 aliphatic rings. The number of nitrogens with zero attached hydrogens (tertiary/aromatic N) is 3. The first kappa shape index (κ1) is 15.6. The molecule has 23 heavy (non-hydrogen) atoms. The summed E-state index contributed by atoms with van der Waals surface area (Å²) in [5.74, 6) is -0.374. The molecule has 2 aromatic rings. The summed E-state index contributed by atoms with van der Waals surface area (Å²) in [6, 6.07) is 3.25. The fourth-order valence-corrected chi connectivity index (χ4v) is 2.62. The van der Waals surface area contributed by atoms with Crippen molar-refractivity contribution < 1.29 is 22.7 Å². The normalized spacial score (nSPS) is 19.3. The predicted molar refractivity (Wildman–Crippen MR) is 75.9 cm³/mol. The Labute approximate surface area is 129 Å². The van der Waals surface area contributed by atoms with Crippen LogP contribution in [0.3, 0.4) is 0 Å². The van der Waals surface area contributed by atoms with Gasteiger partial charge in [-0.15, -0.1) is 0 Å². The zero-order valence-corrected chi connectivity index (χ0v) is 12.1. The van der Waals surface area contributed by atoms with Gasteiger partial charge in [-0.1, -0.05) is 0 Å². The average Bonchev–Trinajstić information content (AvgIpc) is 2.88. The monoisotopic (exact) mass is 328 g/mol. The van der Waals surface area contributed by atoms with Gasteiger partial charge in [0.05, 0.1) is 36.4 Å². The molecule has 1 fully saturated rings. The van der Waals surface area contributed by atoms with Crippen molar-refractivity contribution in [2.75, 3.05) is 25.4 Å². The molecule has 0 radical (unpaired) electrons. The van der Waals surface area contributed by atoms with Crippen molar-refractivity contribution in [1.82, 2.24) is 14.5 Å². The molecular weight excluding hydrogens is 313 g/mol. The van der Waals surface area contributed by atoms with E-state index in [0.29, 0.717) is 16.8 Å². The van der Waals surface area contributed by atoms with Gasteiger partial charge in [0.1, 0.15) is 0 Å². The third-order valence-corrected chi connectivity index (χ3v) is 3.66. The number of aromatic nitrogens is 2. The number of alkyl halides is 3. The molecule has 3 heterocycles. The highest BCUT2D eigenvalue weighted by Gasteiger charge is 2.36. The van der Waals surface area contributed by atoms with Crippen LogP contribution in [0.5, 0.6) is 0 Å². The van der Waals surface area contributed by atoms with Crippen molar-refractivity contribution in [1.29, 1.82) is 0 Å². The number of nitrogens with two attached hydrogens (primary N) is 1. The number of carbonyl (C=O) groups excluding carboxylic acids is 1. The number of ether oxygens (including phenoxy) is 1. The number of halogens is 3. The molecule has 0 bridgehead atoms. The molecule has 1 aliphatic heterocycles. The molecule has 9 heteroatoms. The van der Waals surface area contributed by atoms with Crippen molar-refractivity contribution in [3.8, 4) is 0 Å². The highest BCUT2D eigenvalue weighted by molar-refractivity contribution is 6.01. The van der Waals surface area contributed by atoms with E-state index in [0.717, 1.165) is 0 Å². The molecule has 1 amide bonds. The van der Waals surface area contributed by atoms with Crippen molar-refractivity contribution in [2.45, 2.75) is 18.7 Å². The second kappa shape index (κ2) is 5.73. The minimum Gasteiger partial charge on any atom is -0.399 e. The van der Waals surface area contributed by atoms with Gasteiger partial charge >= 0.3 is 6.18 Å². The van der Waals surface area contributed by atoms with Gasteiger partial charge in [0, 0.05) is 25.0 Å². The molecule has 0 saturated carbocycles. The summed E-state index contributed by atoms with van der Waals surface area (Å²) < 4.78 is 44.1. The van der Waals surface area contributed by atoms with Gasteiger partial charge in [0.2, 0.25) is 0 Å². The van der Waals surface area contributed by atoms with E-state index in [4.69, 9.17) is 10.5 Å². The first-order chi connectivity index (χ1) is 10.8. The molecule has 124 valence electrons. The Balaban J connectivity index is 1.80. The zero-order valence-electron chi connectivity index (χ0n) is 12.1. The van der Waals surface area contributed by atoms with Crippen molar-refractivity contribution >= 4 is 17.1 Å². The molecule has 2 N–H and O–H groups in total. The van der Waals surface area contributed by atoms with Crippen LogP contribution in [0.2, 0.25) is 0 Å². The Morgan fingerprint density at radius 1 is 1.48 bits per heavy atom. The first-order valence-electron chi connectivity index (χ1n) is 7.04. The van der Waals surface area contributed by atoms with Crippen molar-refractivity contribution in [3.05, 3.63) is 30.1 Å². The molecule has 0 aliphatic carbocycles. The third kappa shape index (κ3) is 3.39. The van der Waals surface area contributed by atoms with Crippen LogP contribution >= 0.6 is 0 Å². The number of anilines is 1. The number of nitrogen functional groups attached to an aromatic ring is 1. The van der Waals surface area contributed by atoms with Gasteiger partial charge in [0.25, 0.3) is 5.91 Å². The van der Waals surface area contributed by atoms with E-state index in [2.05, 4.69) is 5.10 Å². The van der Waals surface area contributed by atoms with Crippen LogP contribution in [0.25, 0.3) is 5.52 Å². The Hall–Kier alpha value is -2.29. The highest BCUT2D eigenvalue weighted by atomic mass is 19.4. The fraction of sp³-hybridized carbons (Fsp3) is 0.429. The van der Waals surface area contributed by atoms with Crippen LogP contribution < -0.4 is 5.73 Å². The molecule has 6 nitrogen and oxygen atoms in total. The van der Waals surface area contributed by atoms with E-state index >= 15 is 0 Å². The Bertz CT molecular complexity index is 728. The molecule has 1 unspecified atom stereocenters. The second-order valence-corrected chi connectivity index (χ2v) is 5.41. The standard InChI is InChI=1S/C14H15F3N4O2/c15-14(16,17)6-10-8-20(3-4-23-10)13(22)11-7-19-21-2-1-9(18)5-12(11)21/h1-2,5,7,10H,3-4,6,8,18H2. The summed E-state index contributed by atoms with van der Waals surface area (Å²) in [6.07, 6.45) is -3.42. The molecule has 0 aromatic carbocycles. The third-order valence-electron chi connectivity index (χ3n) is 3.66. The summed E-state index contributed by atoms with van der Waals surface area (Å²) >= 11 is 0. The van der Waals surface area contributed by atoms with Crippen LogP contribution in [-0.2, 0) is 4.74 Å². The number of hydrogen-bond acceptors (Lipinski definition) is 4. The van der Waals surface area contributed by atoms with Gasteiger partial charge < -0.3 is 15.4 Å². The topological polar surface area (TPSA) is 72.9 Å². The van der Waals surface area contributed by atoms with E-state index in [1.54, 1.807) is 18.3 Å². The number of carbonyl (C=O) groups is 1. The van der Waals surface area contributed by atoms with Gasteiger partial charge in [-0.3, -0.25) is 4.79 Å². The van der Waals surface area contributed by atoms with Gasteiger partial charge in [-0.2, -0.15) is 18.3 Å². The Kier molecular flexibility index (Phi) is 3.88. The van der Waals surface area contributed by atoms with E-state index in [-0.39, 0.29) is 25.6 Å². The summed E-state index contributed by atoms with van der Waals surface area (Å²) in [6.45, 7) is 0.221. The quantitative estimate of drug-likeness (QED) is 0.911. The van der Waals surface area contributed by atoms with Crippen LogP contribution in [0.4, 0.5) is 18.9 Å². The summed E-state index contributed by atoms with van der Waals surface area (Å²) in [5, 5.41) is 4.06. The smallest absolute Gasteiger partial charge is 0.391 e. The van der Waals surface area contributed by atoms with Crippen LogP contribution in [0.15, 0.2) is 24.5 Å². The highest BCUT2D eigenvalue weighted by Crippen LogP contribution is 2.25. The van der Waals surface area contributed by atoms with Gasteiger partial charge in [-0.05, 0) is 12.1 Å². The minimum atomic E-state index is -4.32. The Morgan fingerprint density at radius 2 is 2.26 bits per heavy atom. The number of pyridine rings is 1. The zero-order chi connectivity index (χ0) is 16.6. The van der Waals surface area contributed by atoms with Gasteiger partial charge in [-0.25, -0.2) is 4.52 Å². The van der Waals surface area contributed by atoms with E-state index in [1.165, 1.54) is 15.6 Å². The molecule has 0 spiro atoms. The molecule has 2 aromatic heterocycles. The second-order valence-electron chi connectivity index (χ2n) is 5.41. The fourth-order valence-electron chi connectivity index (χ4n) is 2.62. The van der Waals surface area contributed by atoms with E-state index in [9.17, 15) is 18.0 Å². The van der Waals surface area contributed by atoms with E-state index < -0.39 is 18.7 Å². The lowest BCUT2D eigenvalue weighted by Gasteiger charge is -2.33. The van der Waals surface area contributed by atoms with E-state index in [1.807, 2.05) is 0 Å². The lowest BCUT2D eigenvalue weighted by atomic mass is 10.1. The largest absolute Gasteiger partial charge is 0.399 e. The predicted octanol–water partition coefficient (Wildman–Crippen LogP) is 1.71. The number of amides is 1. The van der Waals surface area contributed by atoms with Gasteiger partial charge in [0.15, 0.2) is 0 Å². The van der Waals surface area contributed by atoms with Crippen molar-refractivity contribution in [2.24, 2.45) is 0 Å². The maximum Gasteiger partial charge on any atom is 0.391 e. The van der Waals surface area contributed by atoms with Crippen molar-refractivity contribution in [3.63, 3.8) is 0 Å². The number of hydrogen-bond donors (Lipinski definition) is 1.